The average Bonchev–Trinajstić information content (AvgIpc) is 3.40. The van der Waals surface area contributed by atoms with Crippen LogP contribution in [-0.2, 0) is 52.4 Å². The molecule has 4 aliphatic rings. The predicted octanol–water partition coefficient (Wildman–Crippen LogP) is 8.80. The lowest BCUT2D eigenvalue weighted by molar-refractivity contribution is -0.265. The lowest BCUT2D eigenvalue weighted by atomic mass is 9.78. The summed E-state index contributed by atoms with van der Waals surface area (Å²) in [5, 5.41) is 26.4. The summed E-state index contributed by atoms with van der Waals surface area (Å²) in [6, 6.07) is 4.46. The van der Waals surface area contributed by atoms with Gasteiger partial charge in [0.25, 0.3) is 11.7 Å². The van der Waals surface area contributed by atoms with Crippen LogP contribution in [0.25, 0.3) is 0 Å². The number of ketones is 3. The summed E-state index contributed by atoms with van der Waals surface area (Å²) in [5.74, 6) is -8.46. The minimum Gasteiger partial charge on any atom is -0.460 e. The number of amides is 1. The van der Waals surface area contributed by atoms with Gasteiger partial charge in [0.05, 0.1) is 18.3 Å². The number of fused-ring (bicyclic) bond motifs is 3. The van der Waals surface area contributed by atoms with Gasteiger partial charge in [-0.05, 0) is 136 Å². The number of methoxy groups -OCH3 is 3. The van der Waals surface area contributed by atoms with Crippen molar-refractivity contribution in [2.24, 2.45) is 40.7 Å². The van der Waals surface area contributed by atoms with Crippen LogP contribution in [-0.4, -0.2) is 133 Å². The van der Waals surface area contributed by atoms with E-state index in [1.807, 2.05) is 51.2 Å². The number of aliphatic hydroxyl groups is 2. The lowest BCUT2D eigenvalue weighted by Crippen LogP contribution is -2.61. The summed E-state index contributed by atoms with van der Waals surface area (Å²) >= 11 is 0. The number of piperidine rings is 1. The van der Waals surface area contributed by atoms with Crippen LogP contribution in [0.5, 0.6) is 5.75 Å². The van der Waals surface area contributed by atoms with Gasteiger partial charge in [0, 0.05) is 58.5 Å². The fraction of sp³-hybridized carbons (Fsp3) is 0.655. The molecule has 2 bridgehead atoms. The number of benzene rings is 1. The summed E-state index contributed by atoms with van der Waals surface area (Å²) in [4.78, 5) is 96.2. The van der Waals surface area contributed by atoms with Gasteiger partial charge in [0.15, 0.2) is 5.78 Å². The van der Waals surface area contributed by atoms with Gasteiger partial charge in [0.2, 0.25) is 5.79 Å². The van der Waals surface area contributed by atoms with Crippen LogP contribution in [0.15, 0.2) is 77.0 Å². The molecule has 18 heteroatoms. The SMILES string of the molecule is CO[C@H]1C[C@@H]2CC[C@@H](C)[C@@](O)(O2)C(=O)C(=O)N2CCCC[C@H]2C(=O)O[C@H]([C@H](C)C[C@@H]2CC[C@@H](OC(=O)Oc3ccc(N=O)cc3)[C@H](OC)C2)CC(=O)[C@H](C)/C=C(\C)[C@@H](O)[C@@H](OC)C(=O)[C@H](C)C[C@H](C)/C=C/C=CC=C1C. The number of hydrogen-bond acceptors (Lipinski definition) is 17. The van der Waals surface area contributed by atoms with E-state index in [9.17, 15) is 43.9 Å². The largest absolute Gasteiger partial charge is 0.514 e. The second-order valence-corrected chi connectivity index (χ2v) is 21.6. The quantitative estimate of drug-likeness (QED) is 0.0772. The molecule has 2 saturated heterocycles. The average molecular weight is 1060 g/mol. The maximum atomic E-state index is 14.6. The number of nitrogens with zero attached hydrogens (tertiary/aromatic N) is 2. The van der Waals surface area contributed by atoms with Crippen LogP contribution in [0.3, 0.4) is 0 Å². The highest BCUT2D eigenvalue weighted by molar-refractivity contribution is 6.39. The van der Waals surface area contributed by atoms with E-state index in [1.54, 1.807) is 40.9 Å². The molecule has 18 nitrogen and oxygen atoms in total. The van der Waals surface area contributed by atoms with Gasteiger partial charge >= 0.3 is 12.1 Å². The first-order chi connectivity index (χ1) is 36.1. The van der Waals surface area contributed by atoms with E-state index in [1.165, 1.54) is 38.5 Å². The van der Waals surface area contributed by atoms with Gasteiger partial charge in [-0.2, -0.15) is 0 Å². The Bertz CT molecular complexity index is 2290. The highest BCUT2D eigenvalue weighted by atomic mass is 16.7. The molecule has 0 spiro atoms. The van der Waals surface area contributed by atoms with Crippen molar-refractivity contribution in [1.29, 1.82) is 0 Å². The van der Waals surface area contributed by atoms with Gasteiger partial charge in [-0.15, -0.1) is 4.91 Å². The van der Waals surface area contributed by atoms with Gasteiger partial charge in [0.1, 0.15) is 47.7 Å². The summed E-state index contributed by atoms with van der Waals surface area (Å²) in [6.45, 7) is 12.5. The zero-order valence-electron chi connectivity index (χ0n) is 46.1. The summed E-state index contributed by atoms with van der Waals surface area (Å²) in [6.07, 6.45) is 8.83. The minimum absolute atomic E-state index is 0.00866. The topological polar surface area (TPSA) is 240 Å². The Balaban J connectivity index is 1.42. The number of cyclic esters (lactones) is 1. The Morgan fingerprint density at radius 3 is 2.25 bits per heavy atom. The number of rotatable bonds is 9. The Kier molecular flexibility index (Phi) is 23.5. The number of esters is 1. The van der Waals surface area contributed by atoms with E-state index in [0.29, 0.717) is 69.8 Å². The van der Waals surface area contributed by atoms with Crippen molar-refractivity contribution in [3.05, 3.63) is 76.8 Å². The molecule has 2 N–H and O–H groups in total. The minimum atomic E-state index is -2.47. The molecule has 420 valence electrons. The standard InChI is InChI=1S/C58H82N2O16/c1-34-16-12-11-13-17-35(2)48(70-8)32-44-23-19-40(7)58(68,76-44)54(64)55(65)60-27-15-14-18-45(60)56(66)74-49(33-46(61)36(3)29-39(6)52(63)53(72-10)51(62)38(5)28-34)37(4)30-41-20-26-47(50(31-41)71-9)75-57(67)73-43-24-21-42(59-69)22-25-43/h11-13,16-17,21-22,24-25,29,34,36-38,40-41,44-45,47-50,52-53,63,68H,14-15,18-20,23,26-28,30-33H2,1-10H3/b13-11?,16-12+,35-17?,39-29+/t34-,36-,37-,38-,40-,41+,44+,45+,47-,48+,49+,50-,52-,53+,58-/m1/s1. The van der Waals surface area contributed by atoms with Gasteiger partial charge in [-0.3, -0.25) is 19.2 Å². The Labute approximate surface area is 447 Å². The normalized spacial score (nSPS) is 34.9. The Morgan fingerprint density at radius 1 is 0.855 bits per heavy atom. The summed E-state index contributed by atoms with van der Waals surface area (Å²) in [5.41, 5.74) is 1.38. The zero-order chi connectivity index (χ0) is 55.9. The van der Waals surface area contributed by atoms with Crippen molar-refractivity contribution in [2.75, 3.05) is 27.9 Å². The fourth-order valence-corrected chi connectivity index (χ4v) is 11.1. The first-order valence-electron chi connectivity index (χ1n) is 26.9. The number of allylic oxidation sites excluding steroid dienone is 6. The van der Waals surface area contributed by atoms with Crippen LogP contribution in [0.1, 0.15) is 126 Å². The van der Waals surface area contributed by atoms with E-state index in [4.69, 9.17) is 33.2 Å². The molecule has 1 amide bonds. The van der Waals surface area contributed by atoms with E-state index in [0.717, 1.165) is 10.5 Å². The van der Waals surface area contributed by atoms with Crippen LogP contribution in [0, 0.1) is 40.4 Å². The third-order valence-electron chi connectivity index (χ3n) is 15.8. The van der Waals surface area contributed by atoms with Crippen LogP contribution in [0.2, 0.25) is 0 Å². The number of hydrogen-bond donors (Lipinski definition) is 2. The smallest absolute Gasteiger partial charge is 0.460 e. The first kappa shape index (κ1) is 61.6. The summed E-state index contributed by atoms with van der Waals surface area (Å²) in [7, 11) is 4.44. The fourth-order valence-electron chi connectivity index (χ4n) is 11.1. The van der Waals surface area contributed by atoms with Crippen LogP contribution in [0.4, 0.5) is 10.5 Å². The molecule has 1 aromatic carbocycles. The van der Waals surface area contributed by atoms with E-state index in [2.05, 4.69) is 5.18 Å². The van der Waals surface area contributed by atoms with Crippen LogP contribution >= 0.6 is 0 Å². The Morgan fingerprint density at radius 2 is 1.58 bits per heavy atom. The first-order valence-corrected chi connectivity index (χ1v) is 26.9. The third-order valence-corrected chi connectivity index (χ3v) is 15.8. The van der Waals surface area contributed by atoms with E-state index < -0.39 is 102 Å². The molecule has 0 radical (unpaired) electrons. The van der Waals surface area contributed by atoms with Crippen molar-refractivity contribution < 1.29 is 72.1 Å². The third kappa shape index (κ3) is 16.4. The molecule has 0 aromatic heterocycles. The zero-order valence-corrected chi connectivity index (χ0v) is 46.1. The van der Waals surface area contributed by atoms with Crippen molar-refractivity contribution >= 4 is 41.1 Å². The number of ether oxygens (including phenoxy) is 7. The maximum Gasteiger partial charge on any atom is 0.514 e. The molecule has 1 aliphatic carbocycles. The molecule has 3 fully saturated rings. The van der Waals surface area contributed by atoms with E-state index in [-0.39, 0.29) is 54.2 Å². The number of nitroso groups, excluding NO2 is 1. The number of Topliss-reactive ketones (excluding diaryl/α,β-unsaturated/α-hetero) is 3. The van der Waals surface area contributed by atoms with Crippen molar-refractivity contribution in [3.8, 4) is 5.75 Å². The molecule has 3 aliphatic heterocycles. The van der Waals surface area contributed by atoms with E-state index >= 15 is 0 Å². The molecule has 76 heavy (non-hydrogen) atoms. The number of carbonyl (C=O) groups excluding carboxylic acids is 6. The van der Waals surface area contributed by atoms with Gasteiger partial charge < -0.3 is 48.3 Å². The van der Waals surface area contributed by atoms with Crippen LogP contribution < -0.4 is 4.74 Å². The number of carbonyl (C=O) groups is 6. The van der Waals surface area contributed by atoms with Crippen molar-refractivity contribution in [2.45, 2.75) is 180 Å². The molecule has 0 unspecified atom stereocenters. The predicted molar refractivity (Wildman–Crippen MR) is 282 cm³/mol. The molecule has 1 saturated carbocycles. The molecular formula is C58H82N2O16. The maximum absolute atomic E-state index is 14.6. The highest BCUT2D eigenvalue weighted by Crippen LogP contribution is 2.38. The lowest BCUT2D eigenvalue weighted by Gasteiger charge is -2.42. The molecule has 15 atom stereocenters. The summed E-state index contributed by atoms with van der Waals surface area (Å²) < 4.78 is 40.8. The molecule has 1 aromatic rings. The Hall–Kier alpha value is -5.24. The molecule has 5 rings (SSSR count). The second kappa shape index (κ2) is 28.9. The number of aliphatic hydroxyl groups excluding tert-OH is 1. The van der Waals surface area contributed by atoms with Gasteiger partial charge in [-0.1, -0.05) is 71.1 Å². The molecule has 3 heterocycles. The van der Waals surface area contributed by atoms with Crippen molar-refractivity contribution in [3.63, 3.8) is 0 Å². The highest BCUT2D eigenvalue weighted by Gasteiger charge is 2.53. The van der Waals surface area contributed by atoms with Gasteiger partial charge in [-0.25, -0.2) is 9.59 Å². The molecular weight excluding hydrogens is 981 g/mol. The second-order valence-electron chi connectivity index (χ2n) is 21.6. The monoisotopic (exact) mass is 1060 g/mol. The van der Waals surface area contributed by atoms with Crippen molar-refractivity contribution in [1.82, 2.24) is 4.90 Å².